The third-order valence-corrected chi connectivity index (χ3v) is 4.49. The van der Waals surface area contributed by atoms with Gasteiger partial charge in [-0.1, -0.05) is 15.9 Å². The molecule has 0 heterocycles. The Balaban J connectivity index is 1.74. The first-order chi connectivity index (χ1) is 12.9. The van der Waals surface area contributed by atoms with E-state index in [0.29, 0.717) is 17.1 Å². The number of hydrazine groups is 1. The number of amides is 2. The summed E-state index contributed by atoms with van der Waals surface area (Å²) in [6, 6.07) is 11.9. The zero-order chi connectivity index (χ0) is 19.8. The molecule has 2 aromatic rings. The molecule has 0 aliphatic carbocycles. The highest BCUT2D eigenvalue weighted by Gasteiger charge is 2.09. The van der Waals surface area contributed by atoms with E-state index in [9.17, 15) is 9.59 Å². The zero-order valence-corrected chi connectivity index (χ0v) is 17.1. The SMILES string of the molecule is COc1ccc(C(=O)NC(=S)NNC(=O)COc2ccc(Br)c(C)c2)cc1. The van der Waals surface area contributed by atoms with E-state index in [1.165, 1.54) is 0 Å². The molecule has 2 aromatic carbocycles. The van der Waals surface area contributed by atoms with Crippen molar-refractivity contribution in [2.75, 3.05) is 13.7 Å². The molecule has 0 aromatic heterocycles. The second-order valence-electron chi connectivity index (χ2n) is 5.38. The lowest BCUT2D eigenvalue weighted by Gasteiger charge is -2.12. The van der Waals surface area contributed by atoms with Crippen molar-refractivity contribution in [1.82, 2.24) is 16.2 Å². The van der Waals surface area contributed by atoms with Gasteiger partial charge in [-0.05, 0) is 67.2 Å². The predicted octanol–water partition coefficient (Wildman–Crippen LogP) is 2.48. The molecule has 3 N–H and O–H groups in total. The van der Waals surface area contributed by atoms with Gasteiger partial charge in [-0.2, -0.15) is 0 Å². The first-order valence-electron chi connectivity index (χ1n) is 7.82. The number of nitrogens with one attached hydrogen (secondary N) is 3. The summed E-state index contributed by atoms with van der Waals surface area (Å²) in [6.45, 7) is 1.71. The van der Waals surface area contributed by atoms with Gasteiger partial charge in [-0.3, -0.25) is 25.8 Å². The van der Waals surface area contributed by atoms with Crippen LogP contribution in [0.3, 0.4) is 0 Å². The fourth-order valence-electron chi connectivity index (χ4n) is 1.97. The van der Waals surface area contributed by atoms with Crippen LogP contribution in [0.2, 0.25) is 0 Å². The molecule has 7 nitrogen and oxygen atoms in total. The number of methoxy groups -OCH3 is 1. The van der Waals surface area contributed by atoms with Crippen LogP contribution in [0.15, 0.2) is 46.9 Å². The third-order valence-electron chi connectivity index (χ3n) is 3.39. The van der Waals surface area contributed by atoms with Gasteiger partial charge in [0.2, 0.25) is 0 Å². The van der Waals surface area contributed by atoms with Gasteiger partial charge in [0, 0.05) is 10.0 Å². The van der Waals surface area contributed by atoms with Crippen LogP contribution in [-0.4, -0.2) is 30.6 Å². The number of ether oxygens (including phenoxy) is 2. The standard InChI is InChI=1S/C18H18BrN3O4S/c1-11-9-14(7-8-15(11)19)26-10-16(23)21-22-18(27)20-17(24)12-3-5-13(25-2)6-4-12/h3-9H,10H2,1-2H3,(H,21,23)(H2,20,22,24,27). The Labute approximate surface area is 170 Å². The predicted molar refractivity (Wildman–Crippen MR) is 109 cm³/mol. The van der Waals surface area contributed by atoms with Gasteiger partial charge in [0.15, 0.2) is 11.7 Å². The van der Waals surface area contributed by atoms with Crippen LogP contribution < -0.4 is 25.6 Å². The smallest absolute Gasteiger partial charge is 0.276 e. The molecular weight excluding hydrogens is 434 g/mol. The molecule has 0 atom stereocenters. The van der Waals surface area contributed by atoms with Gasteiger partial charge in [0.1, 0.15) is 11.5 Å². The maximum atomic E-state index is 12.0. The minimum absolute atomic E-state index is 0.0383. The second-order valence-corrected chi connectivity index (χ2v) is 6.65. The Bertz CT molecular complexity index is 843. The van der Waals surface area contributed by atoms with Crippen LogP contribution in [0.25, 0.3) is 0 Å². The fraction of sp³-hybridized carbons (Fsp3) is 0.167. The molecule has 0 bridgehead atoms. The number of carbonyl (C=O) groups excluding carboxylic acids is 2. The minimum Gasteiger partial charge on any atom is -0.497 e. The summed E-state index contributed by atoms with van der Waals surface area (Å²) in [6.07, 6.45) is 0. The normalized spacial score (nSPS) is 9.89. The molecule has 0 unspecified atom stereocenters. The minimum atomic E-state index is -0.448. The molecule has 0 fully saturated rings. The lowest BCUT2D eigenvalue weighted by molar-refractivity contribution is -0.123. The van der Waals surface area contributed by atoms with Gasteiger partial charge in [0.25, 0.3) is 11.8 Å². The molecule has 0 aliphatic rings. The lowest BCUT2D eigenvalue weighted by Crippen LogP contribution is -2.49. The van der Waals surface area contributed by atoms with Gasteiger partial charge in [-0.15, -0.1) is 0 Å². The summed E-state index contributed by atoms with van der Waals surface area (Å²) in [7, 11) is 1.54. The number of rotatable bonds is 5. The number of aryl methyl sites for hydroxylation is 1. The molecule has 27 heavy (non-hydrogen) atoms. The molecule has 0 radical (unpaired) electrons. The van der Waals surface area contributed by atoms with E-state index in [1.54, 1.807) is 37.4 Å². The molecule has 2 amide bonds. The average molecular weight is 452 g/mol. The van der Waals surface area contributed by atoms with E-state index in [2.05, 4.69) is 32.1 Å². The summed E-state index contributed by atoms with van der Waals surface area (Å²) < 4.78 is 11.4. The van der Waals surface area contributed by atoms with Crippen molar-refractivity contribution in [3.63, 3.8) is 0 Å². The fourth-order valence-corrected chi connectivity index (χ4v) is 2.36. The van der Waals surface area contributed by atoms with Crippen LogP contribution in [0.1, 0.15) is 15.9 Å². The molecular formula is C18H18BrN3O4S. The Morgan fingerprint density at radius 1 is 1.07 bits per heavy atom. The van der Waals surface area contributed by atoms with Crippen molar-refractivity contribution in [3.05, 3.63) is 58.1 Å². The average Bonchev–Trinajstić information content (AvgIpc) is 2.67. The number of carbonyl (C=O) groups is 2. The van der Waals surface area contributed by atoms with Gasteiger partial charge in [-0.25, -0.2) is 0 Å². The van der Waals surface area contributed by atoms with Crippen LogP contribution >= 0.6 is 28.1 Å². The Kier molecular flexibility index (Phi) is 7.56. The molecule has 142 valence electrons. The largest absolute Gasteiger partial charge is 0.497 e. The van der Waals surface area contributed by atoms with Crippen LogP contribution in [0.5, 0.6) is 11.5 Å². The Morgan fingerprint density at radius 3 is 2.37 bits per heavy atom. The van der Waals surface area contributed by atoms with E-state index < -0.39 is 11.8 Å². The van der Waals surface area contributed by atoms with Crippen molar-refractivity contribution < 1.29 is 19.1 Å². The third kappa shape index (κ3) is 6.54. The molecule has 9 heteroatoms. The molecule has 0 saturated heterocycles. The highest BCUT2D eigenvalue weighted by atomic mass is 79.9. The number of hydrogen-bond donors (Lipinski definition) is 3. The summed E-state index contributed by atoms with van der Waals surface area (Å²) in [5, 5.41) is 2.42. The van der Waals surface area contributed by atoms with Crippen molar-refractivity contribution >= 4 is 45.1 Å². The van der Waals surface area contributed by atoms with E-state index in [1.807, 2.05) is 19.1 Å². The maximum absolute atomic E-state index is 12.0. The Morgan fingerprint density at radius 2 is 1.74 bits per heavy atom. The van der Waals surface area contributed by atoms with Crippen molar-refractivity contribution in [2.45, 2.75) is 6.92 Å². The van der Waals surface area contributed by atoms with Crippen LogP contribution in [0.4, 0.5) is 0 Å². The van der Waals surface area contributed by atoms with E-state index in [0.717, 1.165) is 10.0 Å². The molecule has 0 saturated carbocycles. The van der Waals surface area contributed by atoms with E-state index in [4.69, 9.17) is 21.7 Å². The zero-order valence-electron chi connectivity index (χ0n) is 14.7. The van der Waals surface area contributed by atoms with Gasteiger partial charge >= 0.3 is 0 Å². The first kappa shape index (κ1) is 20.7. The highest BCUT2D eigenvalue weighted by molar-refractivity contribution is 9.10. The quantitative estimate of drug-likeness (QED) is 0.477. The molecule has 2 rings (SSSR count). The van der Waals surface area contributed by atoms with E-state index in [-0.39, 0.29) is 11.7 Å². The maximum Gasteiger partial charge on any atom is 0.276 e. The molecule has 0 aliphatic heterocycles. The topological polar surface area (TPSA) is 88.7 Å². The van der Waals surface area contributed by atoms with Crippen molar-refractivity contribution in [3.8, 4) is 11.5 Å². The van der Waals surface area contributed by atoms with Gasteiger partial charge in [0.05, 0.1) is 7.11 Å². The summed E-state index contributed by atoms with van der Waals surface area (Å²) in [4.78, 5) is 23.9. The first-order valence-corrected chi connectivity index (χ1v) is 9.02. The van der Waals surface area contributed by atoms with Crippen molar-refractivity contribution in [1.29, 1.82) is 0 Å². The summed E-state index contributed by atoms with van der Waals surface area (Å²) >= 11 is 8.37. The monoisotopic (exact) mass is 451 g/mol. The van der Waals surface area contributed by atoms with Crippen LogP contribution in [0, 0.1) is 6.92 Å². The second kappa shape index (κ2) is 9.89. The number of thiocarbonyl (C=S) groups is 1. The molecule has 0 spiro atoms. The number of hydrogen-bond acceptors (Lipinski definition) is 5. The highest BCUT2D eigenvalue weighted by Crippen LogP contribution is 2.21. The number of halogens is 1. The number of benzene rings is 2. The van der Waals surface area contributed by atoms with E-state index >= 15 is 0 Å². The lowest BCUT2D eigenvalue weighted by atomic mass is 10.2. The van der Waals surface area contributed by atoms with Crippen molar-refractivity contribution in [2.24, 2.45) is 0 Å². The summed E-state index contributed by atoms with van der Waals surface area (Å²) in [5.74, 6) is 0.351. The van der Waals surface area contributed by atoms with Crippen LogP contribution in [-0.2, 0) is 4.79 Å². The summed E-state index contributed by atoms with van der Waals surface area (Å²) in [5.41, 5.74) is 6.20. The Hall–Kier alpha value is -2.65. The van der Waals surface area contributed by atoms with Gasteiger partial charge < -0.3 is 9.47 Å².